The third-order valence-corrected chi connectivity index (χ3v) is 6.21. The van der Waals surface area contributed by atoms with E-state index in [1.165, 1.54) is 0 Å². The molecule has 1 atom stereocenters. The van der Waals surface area contributed by atoms with E-state index in [1.54, 1.807) is 0 Å². The first kappa shape index (κ1) is 20.8. The quantitative estimate of drug-likeness (QED) is 0.435. The van der Waals surface area contributed by atoms with Crippen molar-refractivity contribution in [3.8, 4) is 17.7 Å². The van der Waals surface area contributed by atoms with Crippen LogP contribution in [-0.4, -0.2) is 10.2 Å². The van der Waals surface area contributed by atoms with E-state index >= 15 is 0 Å². The third-order valence-electron chi connectivity index (χ3n) is 4.78. The highest BCUT2D eigenvalue weighted by atomic mass is 79.9. The molecule has 2 heterocycles. The van der Waals surface area contributed by atoms with Crippen molar-refractivity contribution in [2.24, 2.45) is 5.73 Å². The average molecular weight is 551 g/mol. The Kier molecular flexibility index (Phi) is 5.78. The minimum absolute atomic E-state index is 0.0526. The van der Waals surface area contributed by atoms with Crippen molar-refractivity contribution in [1.82, 2.24) is 10.2 Å². The number of rotatable bonds is 4. The Morgan fingerprint density at radius 3 is 2.57 bits per heavy atom. The lowest BCUT2D eigenvalue weighted by Gasteiger charge is -2.24. The number of H-pyrrole nitrogens is 1. The first-order chi connectivity index (χ1) is 14.4. The van der Waals surface area contributed by atoms with Gasteiger partial charge in [-0.1, -0.05) is 23.7 Å². The van der Waals surface area contributed by atoms with Crippen LogP contribution in [0.4, 0.5) is 0 Å². The molecule has 152 valence electrons. The van der Waals surface area contributed by atoms with Gasteiger partial charge in [0.2, 0.25) is 11.8 Å². The number of ether oxygens (including phenoxy) is 2. The van der Waals surface area contributed by atoms with Crippen molar-refractivity contribution >= 4 is 43.5 Å². The van der Waals surface area contributed by atoms with E-state index in [0.29, 0.717) is 28.8 Å². The Morgan fingerprint density at radius 1 is 1.27 bits per heavy atom. The van der Waals surface area contributed by atoms with Crippen LogP contribution in [0, 0.1) is 18.3 Å². The molecule has 3 N–H and O–H groups in total. The highest BCUT2D eigenvalue weighted by Crippen LogP contribution is 2.46. The number of nitrogens with zero attached hydrogens (tertiary/aromatic N) is 2. The number of hydrogen-bond donors (Lipinski definition) is 2. The summed E-state index contributed by atoms with van der Waals surface area (Å²) >= 11 is 13.1. The second-order valence-corrected chi connectivity index (χ2v) is 8.87. The molecule has 0 unspecified atom stereocenters. The van der Waals surface area contributed by atoms with E-state index in [2.05, 4.69) is 48.1 Å². The number of aryl methyl sites for hydroxylation is 1. The van der Waals surface area contributed by atoms with Crippen molar-refractivity contribution in [2.45, 2.75) is 19.4 Å². The minimum Gasteiger partial charge on any atom is -0.487 e. The van der Waals surface area contributed by atoms with Gasteiger partial charge in [-0.25, -0.2) is 0 Å². The fourth-order valence-corrected chi connectivity index (χ4v) is 4.93. The number of benzene rings is 2. The second kappa shape index (κ2) is 8.34. The Bertz CT molecular complexity index is 1180. The molecule has 3 aromatic rings. The van der Waals surface area contributed by atoms with Crippen LogP contribution in [-0.2, 0) is 6.61 Å². The monoisotopic (exact) mass is 548 g/mol. The smallest absolute Gasteiger partial charge is 0.244 e. The molecular weight excluding hydrogens is 536 g/mol. The van der Waals surface area contributed by atoms with Gasteiger partial charge >= 0.3 is 0 Å². The van der Waals surface area contributed by atoms with Gasteiger partial charge in [-0.2, -0.15) is 5.26 Å². The summed E-state index contributed by atoms with van der Waals surface area (Å²) < 4.78 is 13.0. The van der Waals surface area contributed by atoms with E-state index in [1.807, 2.05) is 43.3 Å². The van der Waals surface area contributed by atoms with Gasteiger partial charge in [0.25, 0.3) is 0 Å². The Balaban J connectivity index is 1.70. The molecule has 1 aliphatic heterocycles. The summed E-state index contributed by atoms with van der Waals surface area (Å²) in [6.45, 7) is 2.26. The van der Waals surface area contributed by atoms with E-state index in [4.69, 9.17) is 26.8 Å². The first-order valence-electron chi connectivity index (χ1n) is 8.87. The molecule has 9 heteroatoms. The summed E-state index contributed by atoms with van der Waals surface area (Å²) in [5.74, 6) is 0.678. The standard InChI is InChI=1S/C21H15Br2ClN4O2/c1-10-17-18(14(8-25)20(26)30-21(17)28-27-10)12-6-15(22)19(16(23)7-12)29-9-11-2-4-13(24)5-3-11/h2-7,18H,9,26H2,1H3,(H,27,28)/t18-/m0/s1. The number of aromatic nitrogens is 2. The van der Waals surface area contributed by atoms with Crippen LogP contribution < -0.4 is 15.2 Å². The molecule has 4 rings (SSSR count). The van der Waals surface area contributed by atoms with Gasteiger partial charge in [0.1, 0.15) is 24.0 Å². The van der Waals surface area contributed by atoms with Crippen molar-refractivity contribution in [1.29, 1.82) is 5.26 Å². The summed E-state index contributed by atoms with van der Waals surface area (Å²) in [5, 5.41) is 17.4. The summed E-state index contributed by atoms with van der Waals surface area (Å²) in [6.07, 6.45) is 0. The van der Waals surface area contributed by atoms with Crippen molar-refractivity contribution in [3.63, 3.8) is 0 Å². The Morgan fingerprint density at radius 2 is 1.93 bits per heavy atom. The number of hydrogen-bond acceptors (Lipinski definition) is 5. The van der Waals surface area contributed by atoms with E-state index in [9.17, 15) is 5.26 Å². The highest BCUT2D eigenvalue weighted by molar-refractivity contribution is 9.11. The van der Waals surface area contributed by atoms with Gasteiger partial charge in [-0.15, -0.1) is 5.10 Å². The summed E-state index contributed by atoms with van der Waals surface area (Å²) in [4.78, 5) is 0. The molecule has 0 bridgehead atoms. The largest absolute Gasteiger partial charge is 0.487 e. The molecule has 30 heavy (non-hydrogen) atoms. The van der Waals surface area contributed by atoms with Gasteiger partial charge in [0.15, 0.2) is 0 Å². The maximum absolute atomic E-state index is 9.71. The van der Waals surface area contributed by atoms with Gasteiger partial charge in [-0.3, -0.25) is 5.10 Å². The number of halogens is 3. The predicted molar refractivity (Wildman–Crippen MR) is 120 cm³/mol. The van der Waals surface area contributed by atoms with Crippen LogP contribution in [0.3, 0.4) is 0 Å². The number of aromatic amines is 1. The predicted octanol–water partition coefficient (Wildman–Crippen LogP) is 5.69. The lowest BCUT2D eigenvalue weighted by atomic mass is 9.84. The average Bonchev–Trinajstić information content (AvgIpc) is 3.07. The van der Waals surface area contributed by atoms with Crippen LogP contribution in [0.1, 0.15) is 28.3 Å². The van der Waals surface area contributed by atoms with Gasteiger partial charge in [0, 0.05) is 16.3 Å². The Labute approximate surface area is 194 Å². The zero-order chi connectivity index (χ0) is 21.4. The number of nitriles is 1. The molecule has 0 spiro atoms. The molecule has 0 saturated heterocycles. The maximum Gasteiger partial charge on any atom is 0.244 e. The fraction of sp³-hybridized carbons (Fsp3) is 0.143. The molecule has 6 nitrogen and oxygen atoms in total. The molecule has 0 aliphatic carbocycles. The Hall–Kier alpha value is -2.47. The molecule has 0 saturated carbocycles. The topological polar surface area (TPSA) is 97.0 Å². The van der Waals surface area contributed by atoms with Crippen LogP contribution in [0.2, 0.25) is 5.02 Å². The lowest BCUT2D eigenvalue weighted by molar-refractivity contribution is 0.302. The second-order valence-electron chi connectivity index (χ2n) is 6.72. The fourth-order valence-electron chi connectivity index (χ4n) is 3.35. The van der Waals surface area contributed by atoms with Gasteiger partial charge in [0.05, 0.1) is 14.9 Å². The van der Waals surface area contributed by atoms with Crippen LogP contribution in [0.15, 0.2) is 56.8 Å². The number of allylic oxidation sites excluding steroid dienone is 1. The molecule has 0 fully saturated rings. The molecule has 2 aromatic carbocycles. The summed E-state index contributed by atoms with van der Waals surface area (Å²) in [6, 6.07) is 13.5. The maximum atomic E-state index is 9.71. The molecular formula is C21H15Br2ClN4O2. The van der Waals surface area contributed by atoms with Crippen molar-refractivity contribution in [3.05, 3.63) is 84.2 Å². The van der Waals surface area contributed by atoms with E-state index < -0.39 is 5.92 Å². The zero-order valence-electron chi connectivity index (χ0n) is 15.7. The normalized spacial score (nSPS) is 15.4. The zero-order valence-corrected chi connectivity index (χ0v) is 19.6. The first-order valence-corrected chi connectivity index (χ1v) is 10.8. The number of fused-ring (bicyclic) bond motifs is 1. The highest BCUT2D eigenvalue weighted by Gasteiger charge is 2.34. The summed E-state index contributed by atoms with van der Waals surface area (Å²) in [5.41, 5.74) is 9.77. The van der Waals surface area contributed by atoms with Gasteiger partial charge < -0.3 is 15.2 Å². The lowest BCUT2D eigenvalue weighted by Crippen LogP contribution is -2.21. The molecule has 0 amide bonds. The van der Waals surface area contributed by atoms with Crippen LogP contribution in [0.5, 0.6) is 11.6 Å². The van der Waals surface area contributed by atoms with Crippen molar-refractivity contribution < 1.29 is 9.47 Å². The number of nitrogens with two attached hydrogens (primary N) is 1. The van der Waals surface area contributed by atoms with Crippen LogP contribution in [0.25, 0.3) is 0 Å². The van der Waals surface area contributed by atoms with Crippen LogP contribution >= 0.6 is 43.5 Å². The minimum atomic E-state index is -0.407. The SMILES string of the molecule is Cc1[nH]nc2c1[C@@H](c1cc(Br)c(OCc3ccc(Cl)cc3)c(Br)c1)C(C#N)=C(N)O2. The molecule has 0 radical (unpaired) electrons. The molecule has 1 aliphatic rings. The van der Waals surface area contributed by atoms with E-state index in [-0.39, 0.29) is 5.88 Å². The van der Waals surface area contributed by atoms with Gasteiger partial charge in [-0.05, 0) is 74.2 Å². The van der Waals surface area contributed by atoms with Crippen molar-refractivity contribution in [2.75, 3.05) is 0 Å². The summed E-state index contributed by atoms with van der Waals surface area (Å²) in [7, 11) is 0. The van der Waals surface area contributed by atoms with E-state index in [0.717, 1.165) is 31.3 Å². The number of nitrogens with one attached hydrogen (secondary N) is 1. The third kappa shape index (κ3) is 3.81. The molecule has 1 aromatic heterocycles.